The van der Waals surface area contributed by atoms with E-state index in [1.54, 1.807) is 13.0 Å². The molecule has 0 aromatic heterocycles. The van der Waals surface area contributed by atoms with Crippen molar-refractivity contribution in [2.24, 2.45) is 0 Å². The summed E-state index contributed by atoms with van der Waals surface area (Å²) in [7, 11) is -3.60. The minimum absolute atomic E-state index is 0.0698. The van der Waals surface area contributed by atoms with Crippen molar-refractivity contribution < 1.29 is 18.3 Å². The highest BCUT2D eigenvalue weighted by atomic mass is 32.2. The topological polar surface area (TPSA) is 74.7 Å². The maximum atomic E-state index is 12.6. The van der Waals surface area contributed by atoms with E-state index in [1.165, 1.54) is 16.4 Å². The van der Waals surface area contributed by atoms with E-state index in [0.717, 1.165) is 12.8 Å². The molecule has 1 N–H and O–H groups in total. The Bertz CT molecular complexity index is 620. The fourth-order valence-electron chi connectivity index (χ4n) is 2.35. The van der Waals surface area contributed by atoms with Crippen LogP contribution in [0, 0.1) is 0 Å². The van der Waals surface area contributed by atoms with E-state index in [9.17, 15) is 18.3 Å². The van der Waals surface area contributed by atoms with Crippen LogP contribution in [-0.4, -0.2) is 36.4 Å². The summed E-state index contributed by atoms with van der Waals surface area (Å²) in [5.41, 5.74) is 0.714. The van der Waals surface area contributed by atoms with Gasteiger partial charge in [-0.15, -0.1) is 0 Å². The first-order valence-electron chi connectivity index (χ1n) is 6.79. The summed E-state index contributed by atoms with van der Waals surface area (Å²) in [4.78, 5) is 11.3. The third-order valence-electron chi connectivity index (χ3n) is 3.57. The average Bonchev–Trinajstić information content (AvgIpc) is 3.22. The number of aryl methyl sites for hydroxylation is 1. The van der Waals surface area contributed by atoms with Crippen molar-refractivity contribution in [3.05, 3.63) is 29.3 Å². The van der Waals surface area contributed by atoms with E-state index >= 15 is 0 Å². The summed E-state index contributed by atoms with van der Waals surface area (Å²) in [6.45, 7) is 4.05. The molecule has 0 heterocycles. The molecule has 110 valence electrons. The smallest absolute Gasteiger partial charge is 0.336 e. The van der Waals surface area contributed by atoms with Gasteiger partial charge in [0.05, 0.1) is 10.5 Å². The molecule has 1 aliphatic rings. The number of hydrogen-bond acceptors (Lipinski definition) is 3. The van der Waals surface area contributed by atoms with Gasteiger partial charge in [0.2, 0.25) is 10.0 Å². The molecule has 1 aliphatic carbocycles. The normalized spacial score (nSPS) is 15.6. The van der Waals surface area contributed by atoms with E-state index in [2.05, 4.69) is 0 Å². The maximum absolute atomic E-state index is 12.6. The van der Waals surface area contributed by atoms with Crippen molar-refractivity contribution in [2.75, 3.05) is 6.54 Å². The Morgan fingerprint density at radius 1 is 1.35 bits per heavy atom. The predicted molar refractivity (Wildman–Crippen MR) is 75.4 cm³/mol. The quantitative estimate of drug-likeness (QED) is 0.872. The van der Waals surface area contributed by atoms with E-state index in [-0.39, 0.29) is 16.5 Å². The first kappa shape index (κ1) is 15.0. The molecule has 0 atom stereocenters. The van der Waals surface area contributed by atoms with Crippen molar-refractivity contribution in [1.29, 1.82) is 0 Å². The highest BCUT2D eigenvalue weighted by Gasteiger charge is 2.37. The lowest BCUT2D eigenvalue weighted by Crippen LogP contribution is -2.33. The molecule has 20 heavy (non-hydrogen) atoms. The molecule has 5 nitrogen and oxygen atoms in total. The summed E-state index contributed by atoms with van der Waals surface area (Å²) in [6.07, 6.45) is 2.32. The number of aromatic carboxylic acids is 1. The van der Waals surface area contributed by atoms with Gasteiger partial charge in [0.25, 0.3) is 0 Å². The van der Waals surface area contributed by atoms with Crippen LogP contribution in [0.1, 0.15) is 42.6 Å². The van der Waals surface area contributed by atoms with Gasteiger partial charge < -0.3 is 5.11 Å². The molecule has 6 heteroatoms. The van der Waals surface area contributed by atoms with Crippen molar-refractivity contribution in [3.8, 4) is 0 Å². The van der Waals surface area contributed by atoms with Crippen LogP contribution >= 0.6 is 0 Å². The van der Waals surface area contributed by atoms with Gasteiger partial charge >= 0.3 is 5.97 Å². The SMILES string of the molecule is CCc1ccc(S(=O)(=O)N(CC)C2CC2)cc1C(=O)O. The minimum atomic E-state index is -3.60. The molecule has 0 aliphatic heterocycles. The number of sulfonamides is 1. The second-order valence-electron chi connectivity index (χ2n) is 4.92. The average molecular weight is 297 g/mol. The molecule has 2 rings (SSSR count). The zero-order valence-electron chi connectivity index (χ0n) is 11.7. The number of rotatable bonds is 6. The molecule has 0 bridgehead atoms. The van der Waals surface area contributed by atoms with Crippen molar-refractivity contribution in [2.45, 2.75) is 44.0 Å². The zero-order chi connectivity index (χ0) is 14.9. The fraction of sp³-hybridized carbons (Fsp3) is 0.500. The Balaban J connectivity index is 2.46. The Morgan fingerprint density at radius 2 is 2.00 bits per heavy atom. The largest absolute Gasteiger partial charge is 0.478 e. The molecule has 1 aromatic carbocycles. The number of hydrogen-bond donors (Lipinski definition) is 1. The second kappa shape index (κ2) is 5.54. The van der Waals surface area contributed by atoms with Crippen LogP contribution in [0.5, 0.6) is 0 Å². The van der Waals surface area contributed by atoms with Gasteiger partial charge in [0.15, 0.2) is 0 Å². The minimum Gasteiger partial charge on any atom is -0.478 e. The lowest BCUT2D eigenvalue weighted by atomic mass is 10.1. The monoisotopic (exact) mass is 297 g/mol. The van der Waals surface area contributed by atoms with Gasteiger partial charge in [-0.1, -0.05) is 19.9 Å². The van der Waals surface area contributed by atoms with E-state index in [4.69, 9.17) is 0 Å². The van der Waals surface area contributed by atoms with Crippen LogP contribution in [0.4, 0.5) is 0 Å². The Labute approximate surface area is 119 Å². The zero-order valence-corrected chi connectivity index (χ0v) is 12.5. The van der Waals surface area contributed by atoms with Crippen LogP contribution in [-0.2, 0) is 16.4 Å². The molecule has 1 fully saturated rings. The molecule has 0 radical (unpaired) electrons. The van der Waals surface area contributed by atoms with Gasteiger partial charge in [-0.25, -0.2) is 13.2 Å². The molecule has 0 unspecified atom stereocenters. The van der Waals surface area contributed by atoms with Crippen molar-refractivity contribution in [1.82, 2.24) is 4.31 Å². The highest BCUT2D eigenvalue weighted by Crippen LogP contribution is 2.32. The van der Waals surface area contributed by atoms with Crippen molar-refractivity contribution in [3.63, 3.8) is 0 Å². The maximum Gasteiger partial charge on any atom is 0.336 e. The van der Waals surface area contributed by atoms with Crippen LogP contribution in [0.3, 0.4) is 0 Å². The number of benzene rings is 1. The number of carboxylic acids is 1. The molecule has 1 aromatic rings. The van der Waals surface area contributed by atoms with E-state index in [1.807, 2.05) is 6.92 Å². The Hall–Kier alpha value is -1.40. The van der Waals surface area contributed by atoms with Gasteiger partial charge in [0.1, 0.15) is 0 Å². The van der Waals surface area contributed by atoms with Gasteiger partial charge in [-0.2, -0.15) is 4.31 Å². The van der Waals surface area contributed by atoms with Crippen LogP contribution in [0.15, 0.2) is 23.1 Å². The van der Waals surface area contributed by atoms with E-state index in [0.29, 0.717) is 18.5 Å². The number of carbonyl (C=O) groups is 1. The van der Waals surface area contributed by atoms with Gasteiger partial charge in [-0.3, -0.25) is 0 Å². The van der Waals surface area contributed by atoms with Crippen LogP contribution in [0.2, 0.25) is 0 Å². The van der Waals surface area contributed by atoms with Gasteiger partial charge in [0, 0.05) is 12.6 Å². The first-order valence-corrected chi connectivity index (χ1v) is 8.23. The molecule has 0 amide bonds. The van der Waals surface area contributed by atoms with Crippen LogP contribution in [0.25, 0.3) is 0 Å². The number of nitrogens with zero attached hydrogens (tertiary/aromatic N) is 1. The van der Waals surface area contributed by atoms with E-state index < -0.39 is 16.0 Å². The summed E-state index contributed by atoms with van der Waals surface area (Å²) < 4.78 is 26.6. The van der Waals surface area contributed by atoms with Crippen LogP contribution < -0.4 is 0 Å². The molecular formula is C14H19NO4S. The highest BCUT2D eigenvalue weighted by molar-refractivity contribution is 7.89. The lowest BCUT2D eigenvalue weighted by molar-refractivity contribution is 0.0695. The third-order valence-corrected chi connectivity index (χ3v) is 5.59. The summed E-state index contributed by atoms with van der Waals surface area (Å²) >= 11 is 0. The third kappa shape index (κ3) is 2.71. The first-order chi connectivity index (χ1) is 9.41. The molecule has 0 spiro atoms. The number of carboxylic acid groups (broad SMARTS) is 1. The standard InChI is InChI=1S/C14H19NO4S/c1-3-10-5-8-12(9-13(10)14(16)17)20(18,19)15(4-2)11-6-7-11/h5,8-9,11H,3-4,6-7H2,1-2H3,(H,16,17). The summed E-state index contributed by atoms with van der Waals surface area (Å²) in [5.74, 6) is -1.09. The van der Waals surface area contributed by atoms with Gasteiger partial charge in [-0.05, 0) is 37.0 Å². The Morgan fingerprint density at radius 3 is 2.45 bits per heavy atom. The summed E-state index contributed by atoms with van der Waals surface area (Å²) in [5, 5.41) is 9.20. The molecule has 1 saturated carbocycles. The summed E-state index contributed by atoms with van der Waals surface area (Å²) in [6, 6.07) is 4.45. The predicted octanol–water partition coefficient (Wildman–Crippen LogP) is 2.12. The fourth-order valence-corrected chi connectivity index (χ4v) is 4.07. The molecule has 0 saturated heterocycles. The second-order valence-corrected chi connectivity index (χ2v) is 6.81. The van der Waals surface area contributed by atoms with Crippen molar-refractivity contribution >= 4 is 16.0 Å². The molecular weight excluding hydrogens is 278 g/mol. The lowest BCUT2D eigenvalue weighted by Gasteiger charge is -2.20. The Kier molecular flexibility index (Phi) is 4.15.